The van der Waals surface area contributed by atoms with E-state index in [2.05, 4.69) is 10.6 Å². The van der Waals surface area contributed by atoms with Crippen molar-refractivity contribution in [1.29, 1.82) is 0 Å². The Labute approximate surface area is 133 Å². The molecule has 0 heterocycles. The molecule has 0 radical (unpaired) electrons. The van der Waals surface area contributed by atoms with Gasteiger partial charge in [-0.05, 0) is 32.1 Å². The first-order valence-electron chi connectivity index (χ1n) is 6.08. The van der Waals surface area contributed by atoms with E-state index in [1.54, 1.807) is 0 Å². The third-order valence-electron chi connectivity index (χ3n) is 2.47. The van der Waals surface area contributed by atoms with Crippen molar-refractivity contribution in [2.45, 2.75) is 19.4 Å². The van der Waals surface area contributed by atoms with Gasteiger partial charge < -0.3 is 26.2 Å². The second-order valence-electron chi connectivity index (χ2n) is 5.13. The van der Waals surface area contributed by atoms with Crippen molar-refractivity contribution in [3.8, 4) is 5.75 Å². The number of carboxylic acids is 1. The van der Waals surface area contributed by atoms with Crippen LogP contribution in [0.2, 0.25) is 5.02 Å². The summed E-state index contributed by atoms with van der Waals surface area (Å²) in [6.45, 7) is 4.20. The van der Waals surface area contributed by atoms with E-state index in [9.17, 15) is 4.79 Å². The van der Waals surface area contributed by atoms with E-state index in [0.29, 0.717) is 17.3 Å². The van der Waals surface area contributed by atoms with E-state index in [4.69, 9.17) is 39.4 Å². The molecule has 1 aromatic carbocycles. The van der Waals surface area contributed by atoms with Crippen LogP contribution in [0.15, 0.2) is 12.1 Å². The number of rotatable bonds is 5. The maximum atomic E-state index is 11.1. The number of nitrogens with one attached hydrogen (secondary N) is 2. The highest BCUT2D eigenvalue weighted by atomic mass is 35.5. The van der Waals surface area contributed by atoms with Crippen LogP contribution in [0.1, 0.15) is 24.2 Å². The van der Waals surface area contributed by atoms with E-state index in [0.717, 1.165) is 0 Å². The van der Waals surface area contributed by atoms with Crippen molar-refractivity contribution in [3.05, 3.63) is 22.7 Å². The Bertz CT molecular complexity index is 558. The fourth-order valence-electron chi connectivity index (χ4n) is 1.46. The Hall–Kier alpha value is -1.57. The van der Waals surface area contributed by atoms with Crippen LogP contribution in [0.5, 0.6) is 5.75 Å². The molecule has 0 aliphatic heterocycles. The number of methoxy groups -OCH3 is 1. The highest BCUT2D eigenvalue weighted by Gasteiger charge is 2.16. The van der Waals surface area contributed by atoms with E-state index in [1.807, 2.05) is 13.8 Å². The molecule has 5 N–H and O–H groups in total. The first-order valence-corrected chi connectivity index (χ1v) is 6.87. The SMILES string of the molecule is COc1cc(NC(=S)NCC(C)(C)N)c(Cl)cc1C(=O)O. The van der Waals surface area contributed by atoms with Gasteiger partial charge in [0.1, 0.15) is 11.3 Å². The second kappa shape index (κ2) is 6.93. The summed E-state index contributed by atoms with van der Waals surface area (Å²) in [6.07, 6.45) is 0. The number of hydrogen-bond acceptors (Lipinski definition) is 4. The number of carboxylic acid groups (broad SMARTS) is 1. The molecule has 0 spiro atoms. The van der Waals surface area contributed by atoms with E-state index in [1.165, 1.54) is 19.2 Å². The zero-order valence-corrected chi connectivity index (χ0v) is 13.6. The van der Waals surface area contributed by atoms with Crippen molar-refractivity contribution in [2.75, 3.05) is 19.0 Å². The van der Waals surface area contributed by atoms with Crippen LogP contribution in [-0.2, 0) is 0 Å². The molecule has 0 aliphatic rings. The Balaban J connectivity index is 2.89. The van der Waals surface area contributed by atoms with Gasteiger partial charge in [0.2, 0.25) is 0 Å². The summed E-state index contributed by atoms with van der Waals surface area (Å²) in [6, 6.07) is 2.79. The van der Waals surface area contributed by atoms with Crippen LogP contribution in [0, 0.1) is 0 Å². The number of nitrogens with two attached hydrogens (primary N) is 1. The smallest absolute Gasteiger partial charge is 0.339 e. The van der Waals surface area contributed by atoms with Crippen LogP contribution in [-0.4, -0.2) is 35.4 Å². The van der Waals surface area contributed by atoms with Gasteiger partial charge in [0.25, 0.3) is 0 Å². The summed E-state index contributed by atoms with van der Waals surface area (Å²) in [5.74, 6) is -0.928. The maximum absolute atomic E-state index is 11.1. The predicted octanol–water partition coefficient (Wildman–Crippen LogP) is 2.07. The van der Waals surface area contributed by atoms with E-state index < -0.39 is 11.5 Å². The summed E-state index contributed by atoms with van der Waals surface area (Å²) in [5, 5.41) is 15.5. The monoisotopic (exact) mass is 331 g/mol. The van der Waals surface area contributed by atoms with Crippen LogP contribution in [0.25, 0.3) is 0 Å². The zero-order valence-electron chi connectivity index (χ0n) is 12.0. The predicted molar refractivity (Wildman–Crippen MR) is 87.5 cm³/mol. The van der Waals surface area contributed by atoms with Crippen LogP contribution < -0.4 is 21.1 Å². The Morgan fingerprint density at radius 2 is 2.14 bits per heavy atom. The highest BCUT2D eigenvalue weighted by molar-refractivity contribution is 7.80. The summed E-state index contributed by atoms with van der Waals surface area (Å²) in [4.78, 5) is 11.1. The molecule has 8 heteroatoms. The molecule has 1 rings (SSSR count). The van der Waals surface area contributed by atoms with Crippen molar-refractivity contribution in [3.63, 3.8) is 0 Å². The minimum absolute atomic E-state index is 0.0185. The van der Waals surface area contributed by atoms with Crippen LogP contribution in [0.4, 0.5) is 5.69 Å². The summed E-state index contributed by atoms with van der Waals surface area (Å²) >= 11 is 11.2. The molecule has 0 aliphatic carbocycles. The van der Waals surface area contributed by atoms with Crippen molar-refractivity contribution in [1.82, 2.24) is 5.32 Å². The molecule has 0 saturated carbocycles. The molecular weight excluding hydrogens is 314 g/mol. The molecule has 0 unspecified atom stereocenters. The molecule has 0 aromatic heterocycles. The van der Waals surface area contributed by atoms with Gasteiger partial charge in [-0.2, -0.15) is 0 Å². The Morgan fingerprint density at radius 3 is 2.62 bits per heavy atom. The first kappa shape index (κ1) is 17.5. The third-order valence-corrected chi connectivity index (χ3v) is 3.03. The van der Waals surface area contributed by atoms with Gasteiger partial charge >= 0.3 is 5.97 Å². The quantitative estimate of drug-likeness (QED) is 0.613. The molecule has 21 heavy (non-hydrogen) atoms. The highest BCUT2D eigenvalue weighted by Crippen LogP contribution is 2.30. The van der Waals surface area contributed by atoms with Gasteiger partial charge in [-0.1, -0.05) is 11.6 Å². The largest absolute Gasteiger partial charge is 0.496 e. The van der Waals surface area contributed by atoms with Gasteiger partial charge in [0.15, 0.2) is 5.11 Å². The van der Waals surface area contributed by atoms with Gasteiger partial charge in [-0.25, -0.2) is 4.79 Å². The third kappa shape index (κ3) is 5.37. The van der Waals surface area contributed by atoms with Crippen LogP contribution in [0.3, 0.4) is 0 Å². The molecule has 0 fully saturated rings. The van der Waals surface area contributed by atoms with Crippen molar-refractivity contribution in [2.24, 2.45) is 5.73 Å². The molecule has 6 nitrogen and oxygen atoms in total. The number of aromatic carboxylic acids is 1. The molecule has 116 valence electrons. The fourth-order valence-corrected chi connectivity index (χ4v) is 1.85. The number of carbonyl (C=O) groups is 1. The normalized spacial score (nSPS) is 10.9. The average Bonchev–Trinajstić information content (AvgIpc) is 2.37. The summed E-state index contributed by atoms with van der Waals surface area (Å²) in [5.41, 5.74) is 5.86. The minimum Gasteiger partial charge on any atom is -0.496 e. The minimum atomic E-state index is -1.12. The topological polar surface area (TPSA) is 96.6 Å². The number of hydrogen-bond donors (Lipinski definition) is 4. The standard InChI is InChI=1S/C13H18ClN3O3S/c1-13(2,15)6-16-12(21)17-9-5-10(20-3)7(11(18)19)4-8(9)14/h4-5H,6,15H2,1-3H3,(H,18,19)(H2,16,17,21). The molecule has 0 bridgehead atoms. The fraction of sp³-hybridized carbons (Fsp3) is 0.385. The number of anilines is 1. The molecular formula is C13H18ClN3O3S. The lowest BCUT2D eigenvalue weighted by Crippen LogP contribution is -2.46. The lowest BCUT2D eigenvalue weighted by atomic mass is 10.1. The van der Waals surface area contributed by atoms with Gasteiger partial charge in [-0.3, -0.25) is 0 Å². The van der Waals surface area contributed by atoms with Crippen molar-refractivity contribution < 1.29 is 14.6 Å². The number of benzene rings is 1. The number of ether oxygens (including phenoxy) is 1. The van der Waals surface area contributed by atoms with Crippen molar-refractivity contribution >= 4 is 40.6 Å². The Morgan fingerprint density at radius 1 is 1.52 bits per heavy atom. The number of halogens is 1. The molecule has 1 aromatic rings. The average molecular weight is 332 g/mol. The lowest BCUT2D eigenvalue weighted by Gasteiger charge is -2.21. The maximum Gasteiger partial charge on any atom is 0.339 e. The van der Waals surface area contributed by atoms with Gasteiger partial charge in [0, 0.05) is 18.2 Å². The van der Waals surface area contributed by atoms with E-state index >= 15 is 0 Å². The van der Waals surface area contributed by atoms with Gasteiger partial charge in [0.05, 0.1) is 17.8 Å². The summed E-state index contributed by atoms with van der Waals surface area (Å²) in [7, 11) is 1.38. The zero-order chi connectivity index (χ0) is 16.2. The second-order valence-corrected chi connectivity index (χ2v) is 5.95. The first-order chi connectivity index (χ1) is 9.64. The van der Waals surface area contributed by atoms with E-state index in [-0.39, 0.29) is 16.3 Å². The molecule has 0 amide bonds. The Kier molecular flexibility index (Phi) is 5.77. The molecule has 0 saturated heterocycles. The van der Waals surface area contributed by atoms with Crippen LogP contribution >= 0.6 is 23.8 Å². The van der Waals surface area contributed by atoms with Gasteiger partial charge in [-0.15, -0.1) is 0 Å². The molecule has 0 atom stereocenters. The number of thiocarbonyl (C=S) groups is 1. The summed E-state index contributed by atoms with van der Waals surface area (Å²) < 4.78 is 5.03. The lowest BCUT2D eigenvalue weighted by molar-refractivity contribution is 0.0693.